The van der Waals surface area contributed by atoms with E-state index in [4.69, 9.17) is 0 Å². The molecule has 0 aromatic carbocycles. The van der Waals surface area contributed by atoms with Crippen molar-refractivity contribution in [1.82, 2.24) is 9.97 Å². The van der Waals surface area contributed by atoms with Crippen LogP contribution in [0.1, 0.15) is 64.0 Å². The fourth-order valence-electron chi connectivity index (χ4n) is 5.29. The maximum Gasteiger partial charge on any atom is 0.191 e. The molecule has 4 rings (SSSR count). The van der Waals surface area contributed by atoms with Gasteiger partial charge in [0.05, 0.1) is 10.9 Å². The summed E-state index contributed by atoms with van der Waals surface area (Å²) in [7, 11) is 0. The number of hydrogen-bond acceptors (Lipinski definition) is 2. The minimum absolute atomic E-state index is 0.106. The van der Waals surface area contributed by atoms with E-state index in [0.717, 1.165) is 17.1 Å². The van der Waals surface area contributed by atoms with Crippen molar-refractivity contribution in [1.29, 1.82) is 0 Å². The summed E-state index contributed by atoms with van der Waals surface area (Å²) in [6.45, 7) is 4.82. The second kappa shape index (κ2) is 5.47. The Morgan fingerprint density at radius 2 is 2.00 bits per heavy atom. The maximum absolute atomic E-state index is 12.4. The minimum atomic E-state index is 0.106. The second-order valence-corrected chi connectivity index (χ2v) is 8.23. The highest BCUT2D eigenvalue weighted by Gasteiger charge is 2.51. The maximum atomic E-state index is 12.4. The first kappa shape index (κ1) is 14.9. The van der Waals surface area contributed by atoms with E-state index in [2.05, 4.69) is 23.8 Å². The minimum Gasteiger partial charge on any atom is -0.358 e. The number of aromatic amines is 1. The number of hydrogen-bond donors (Lipinski definition) is 1. The van der Waals surface area contributed by atoms with Crippen LogP contribution in [0, 0.1) is 17.3 Å². The van der Waals surface area contributed by atoms with Crippen LogP contribution in [0.2, 0.25) is 0 Å². The van der Waals surface area contributed by atoms with Gasteiger partial charge in [-0.3, -0.25) is 9.78 Å². The van der Waals surface area contributed by atoms with E-state index in [-0.39, 0.29) is 5.43 Å². The molecular weight excluding hydrogens is 284 g/mol. The molecule has 1 N–H and O–H groups in total. The molecule has 0 saturated heterocycles. The molecule has 2 aromatic rings. The van der Waals surface area contributed by atoms with Crippen molar-refractivity contribution in [2.45, 2.75) is 58.3 Å². The van der Waals surface area contributed by atoms with Crippen molar-refractivity contribution in [3.8, 4) is 0 Å². The molecule has 0 bridgehead atoms. The van der Waals surface area contributed by atoms with Crippen molar-refractivity contribution >= 4 is 10.9 Å². The second-order valence-electron chi connectivity index (χ2n) is 8.23. The zero-order chi connectivity index (χ0) is 16.0. The monoisotopic (exact) mass is 310 g/mol. The van der Waals surface area contributed by atoms with Crippen molar-refractivity contribution in [3.63, 3.8) is 0 Å². The first-order chi connectivity index (χ1) is 11.1. The van der Waals surface area contributed by atoms with E-state index in [0.29, 0.717) is 22.6 Å². The van der Waals surface area contributed by atoms with Gasteiger partial charge in [-0.1, -0.05) is 46.0 Å². The van der Waals surface area contributed by atoms with Gasteiger partial charge >= 0.3 is 0 Å². The van der Waals surface area contributed by atoms with Crippen LogP contribution in [-0.2, 0) is 0 Å². The third-order valence-electron chi connectivity index (χ3n) is 6.29. The number of rotatable bonds is 2. The molecular formula is C20H26N2O. The quantitative estimate of drug-likeness (QED) is 0.878. The number of pyridine rings is 2. The van der Waals surface area contributed by atoms with E-state index in [9.17, 15) is 4.79 Å². The highest BCUT2D eigenvalue weighted by molar-refractivity contribution is 5.77. The highest BCUT2D eigenvalue weighted by atomic mass is 16.1. The Hall–Kier alpha value is -1.64. The lowest BCUT2D eigenvalue weighted by Gasteiger charge is -2.56. The van der Waals surface area contributed by atoms with Gasteiger partial charge in [-0.2, -0.15) is 0 Å². The van der Waals surface area contributed by atoms with Gasteiger partial charge in [0.1, 0.15) is 0 Å². The Labute approximate surface area is 137 Å². The third-order valence-corrected chi connectivity index (χ3v) is 6.29. The molecule has 0 amide bonds. The average molecular weight is 310 g/mol. The summed E-state index contributed by atoms with van der Waals surface area (Å²) in [5, 5.41) is 0.698. The van der Waals surface area contributed by atoms with Crippen molar-refractivity contribution in [2.24, 2.45) is 17.3 Å². The summed E-state index contributed by atoms with van der Waals surface area (Å²) >= 11 is 0. The largest absolute Gasteiger partial charge is 0.358 e. The number of nitrogens with zero attached hydrogens (tertiary/aromatic N) is 1. The average Bonchev–Trinajstić information content (AvgIpc) is 2.54. The van der Waals surface area contributed by atoms with E-state index in [1.807, 2.05) is 12.1 Å². The Kier molecular flexibility index (Phi) is 3.55. The predicted octanol–water partition coefficient (Wildman–Crippen LogP) is 4.63. The Bertz CT molecular complexity index is 771. The summed E-state index contributed by atoms with van der Waals surface area (Å²) in [6.07, 6.45) is 11.5. The molecule has 3 nitrogen and oxygen atoms in total. The zero-order valence-electron chi connectivity index (χ0n) is 14.1. The van der Waals surface area contributed by atoms with E-state index in [1.54, 1.807) is 12.4 Å². The lowest BCUT2D eigenvalue weighted by molar-refractivity contribution is -0.0248. The molecule has 2 aliphatic carbocycles. The number of aromatic nitrogens is 2. The van der Waals surface area contributed by atoms with Crippen molar-refractivity contribution < 1.29 is 0 Å². The SMILES string of the molecule is CC1(C)CC(c2cc(=O)c3cnccc3[nH]2)C1C1CCCCC1. The van der Waals surface area contributed by atoms with Gasteiger partial charge in [0.15, 0.2) is 5.43 Å². The molecule has 2 unspecified atom stereocenters. The summed E-state index contributed by atoms with van der Waals surface area (Å²) < 4.78 is 0. The normalized spacial score (nSPS) is 27.7. The van der Waals surface area contributed by atoms with Crippen molar-refractivity contribution in [2.75, 3.05) is 0 Å². The predicted molar refractivity (Wildman–Crippen MR) is 93.6 cm³/mol. The van der Waals surface area contributed by atoms with Crippen LogP contribution in [0.25, 0.3) is 10.9 Å². The summed E-state index contributed by atoms with van der Waals surface area (Å²) in [5.74, 6) is 2.05. The van der Waals surface area contributed by atoms with Gasteiger partial charge in [0, 0.05) is 30.1 Å². The Balaban J connectivity index is 1.70. The summed E-state index contributed by atoms with van der Waals surface area (Å²) in [6, 6.07) is 3.75. The van der Waals surface area contributed by atoms with Gasteiger partial charge < -0.3 is 4.98 Å². The fraction of sp³-hybridized carbons (Fsp3) is 0.600. The molecule has 2 aromatic heterocycles. The van der Waals surface area contributed by atoms with Gasteiger partial charge in [0.2, 0.25) is 0 Å². The molecule has 2 heterocycles. The third kappa shape index (κ3) is 2.50. The van der Waals surface area contributed by atoms with Gasteiger partial charge in [-0.05, 0) is 29.7 Å². The van der Waals surface area contributed by atoms with E-state index < -0.39 is 0 Å². The van der Waals surface area contributed by atoms with Crippen LogP contribution >= 0.6 is 0 Å². The van der Waals surface area contributed by atoms with E-state index >= 15 is 0 Å². The van der Waals surface area contributed by atoms with Crippen LogP contribution in [0.5, 0.6) is 0 Å². The van der Waals surface area contributed by atoms with Crippen LogP contribution < -0.4 is 5.43 Å². The summed E-state index contributed by atoms with van der Waals surface area (Å²) in [4.78, 5) is 20.0. The lowest BCUT2D eigenvalue weighted by atomic mass is 9.49. The molecule has 0 spiro atoms. The number of H-pyrrole nitrogens is 1. The van der Waals surface area contributed by atoms with Crippen LogP contribution in [0.4, 0.5) is 0 Å². The molecule has 2 saturated carbocycles. The molecule has 2 aliphatic rings. The summed E-state index contributed by atoms with van der Waals surface area (Å²) in [5.41, 5.74) is 2.57. The van der Waals surface area contributed by atoms with Crippen molar-refractivity contribution in [3.05, 3.63) is 40.4 Å². The van der Waals surface area contributed by atoms with Crippen LogP contribution in [0.3, 0.4) is 0 Å². The smallest absolute Gasteiger partial charge is 0.191 e. The lowest BCUT2D eigenvalue weighted by Crippen LogP contribution is -2.47. The Morgan fingerprint density at radius 3 is 2.74 bits per heavy atom. The molecule has 122 valence electrons. The topological polar surface area (TPSA) is 45.8 Å². The van der Waals surface area contributed by atoms with E-state index in [1.165, 1.54) is 38.5 Å². The first-order valence-corrected chi connectivity index (χ1v) is 9.03. The van der Waals surface area contributed by atoms with Gasteiger partial charge in [-0.25, -0.2) is 0 Å². The Morgan fingerprint density at radius 1 is 1.22 bits per heavy atom. The number of nitrogens with one attached hydrogen (secondary N) is 1. The van der Waals surface area contributed by atoms with Gasteiger partial charge in [-0.15, -0.1) is 0 Å². The van der Waals surface area contributed by atoms with Gasteiger partial charge in [0.25, 0.3) is 0 Å². The zero-order valence-corrected chi connectivity index (χ0v) is 14.1. The molecule has 2 fully saturated rings. The highest BCUT2D eigenvalue weighted by Crippen LogP contribution is 2.60. The molecule has 0 radical (unpaired) electrons. The number of fused-ring (bicyclic) bond motifs is 1. The fourth-order valence-corrected chi connectivity index (χ4v) is 5.29. The first-order valence-electron chi connectivity index (χ1n) is 9.03. The standard InChI is InChI=1S/C20H26N2O/c1-20(2)11-14(19(20)13-6-4-3-5-7-13)17-10-18(23)15-12-21-9-8-16(15)22-17/h8-10,12-14,19H,3-7,11H2,1-2H3,(H,22,23). The molecule has 2 atom stereocenters. The molecule has 23 heavy (non-hydrogen) atoms. The van der Waals surface area contributed by atoms with Crippen LogP contribution in [-0.4, -0.2) is 9.97 Å². The van der Waals surface area contributed by atoms with Crippen LogP contribution in [0.15, 0.2) is 29.3 Å². The molecule has 3 heteroatoms. The molecule has 0 aliphatic heterocycles.